The van der Waals surface area contributed by atoms with E-state index < -0.39 is 0 Å². The van der Waals surface area contributed by atoms with Crippen molar-refractivity contribution in [3.63, 3.8) is 0 Å². The molecule has 0 spiro atoms. The maximum absolute atomic E-state index is 13.1. The van der Waals surface area contributed by atoms with Crippen LogP contribution in [0.3, 0.4) is 0 Å². The zero-order chi connectivity index (χ0) is 13.4. The van der Waals surface area contributed by atoms with Crippen LogP contribution in [0, 0.1) is 23.6 Å². The van der Waals surface area contributed by atoms with Gasteiger partial charge in [-0.15, -0.1) is 0 Å². The van der Waals surface area contributed by atoms with Crippen LogP contribution >= 0.6 is 15.9 Å². The normalized spacial score (nSPS) is 28.6. The number of hydrogen-bond acceptors (Lipinski definition) is 1. The lowest BCUT2D eigenvalue weighted by molar-refractivity contribution is 0.0941. The molecule has 1 aromatic rings. The standard InChI is InChI=1S/C15H17BrFNO/c16-13-7-11(3-4-14(13)17)15(19)18-8-12-6-9-1-2-10(12)5-9/h3-4,7,9-10,12H,1-2,5-6,8H2,(H,18,19). The summed E-state index contributed by atoms with van der Waals surface area (Å²) in [6, 6.07) is 4.37. The van der Waals surface area contributed by atoms with Crippen molar-refractivity contribution in [3.05, 3.63) is 34.1 Å². The van der Waals surface area contributed by atoms with Crippen molar-refractivity contribution >= 4 is 21.8 Å². The van der Waals surface area contributed by atoms with E-state index in [0.717, 1.165) is 18.4 Å². The van der Waals surface area contributed by atoms with Crippen molar-refractivity contribution in [1.29, 1.82) is 0 Å². The third-order valence-electron chi connectivity index (χ3n) is 4.59. The van der Waals surface area contributed by atoms with E-state index in [4.69, 9.17) is 0 Å². The minimum absolute atomic E-state index is 0.108. The van der Waals surface area contributed by atoms with E-state index in [1.807, 2.05) is 0 Å². The van der Waals surface area contributed by atoms with Gasteiger partial charge >= 0.3 is 0 Å². The Morgan fingerprint density at radius 2 is 2.21 bits per heavy atom. The third kappa shape index (κ3) is 2.69. The number of amides is 1. The molecule has 2 nitrogen and oxygen atoms in total. The molecular weight excluding hydrogens is 309 g/mol. The van der Waals surface area contributed by atoms with Gasteiger partial charge in [0, 0.05) is 12.1 Å². The lowest BCUT2D eigenvalue weighted by Crippen LogP contribution is -2.31. The molecule has 2 aliphatic rings. The fourth-order valence-electron chi connectivity index (χ4n) is 3.59. The molecule has 3 atom stereocenters. The predicted octanol–water partition coefficient (Wildman–Crippen LogP) is 3.75. The number of hydrogen-bond donors (Lipinski definition) is 1. The van der Waals surface area contributed by atoms with Crippen molar-refractivity contribution in [2.45, 2.75) is 25.7 Å². The first-order chi connectivity index (χ1) is 9.13. The molecule has 0 radical (unpaired) electrons. The average molecular weight is 326 g/mol. The Balaban J connectivity index is 1.57. The topological polar surface area (TPSA) is 29.1 Å². The van der Waals surface area contributed by atoms with E-state index in [-0.39, 0.29) is 11.7 Å². The number of nitrogens with one attached hydrogen (secondary N) is 1. The molecule has 0 aromatic heterocycles. The summed E-state index contributed by atoms with van der Waals surface area (Å²) in [5, 5.41) is 2.99. The van der Waals surface area contributed by atoms with E-state index in [1.54, 1.807) is 0 Å². The van der Waals surface area contributed by atoms with Crippen LogP contribution in [0.5, 0.6) is 0 Å². The Bertz CT molecular complexity index is 505. The Hall–Kier alpha value is -0.900. The molecule has 4 heteroatoms. The first kappa shape index (κ1) is 13.1. The van der Waals surface area contributed by atoms with Gasteiger partial charge in [-0.3, -0.25) is 4.79 Å². The van der Waals surface area contributed by atoms with E-state index in [9.17, 15) is 9.18 Å². The minimum Gasteiger partial charge on any atom is -0.352 e. The number of carbonyl (C=O) groups excluding carboxylic acids is 1. The molecule has 1 N–H and O–H groups in total. The average Bonchev–Trinajstić information content (AvgIpc) is 3.01. The molecule has 1 amide bonds. The first-order valence-electron chi connectivity index (χ1n) is 6.86. The molecule has 0 aliphatic heterocycles. The lowest BCUT2D eigenvalue weighted by atomic mass is 9.89. The van der Waals surface area contributed by atoms with Crippen LogP contribution in [-0.2, 0) is 0 Å². The molecule has 2 fully saturated rings. The second-order valence-corrected chi connectivity index (χ2v) is 6.63. The molecule has 0 heterocycles. The van der Waals surface area contributed by atoms with Crippen LogP contribution in [0.2, 0.25) is 0 Å². The number of rotatable bonds is 3. The number of benzene rings is 1. The highest BCUT2D eigenvalue weighted by Crippen LogP contribution is 2.47. The molecule has 2 aliphatic carbocycles. The summed E-state index contributed by atoms with van der Waals surface area (Å²) in [7, 11) is 0. The highest BCUT2D eigenvalue weighted by Gasteiger charge is 2.39. The van der Waals surface area contributed by atoms with Gasteiger partial charge in [0.25, 0.3) is 5.91 Å². The zero-order valence-corrected chi connectivity index (χ0v) is 12.2. The quantitative estimate of drug-likeness (QED) is 0.900. The Morgan fingerprint density at radius 3 is 2.84 bits per heavy atom. The predicted molar refractivity (Wildman–Crippen MR) is 75.4 cm³/mol. The number of halogens is 2. The summed E-state index contributed by atoms with van der Waals surface area (Å²) < 4.78 is 13.5. The molecule has 2 bridgehead atoms. The lowest BCUT2D eigenvalue weighted by Gasteiger charge is -2.21. The molecule has 102 valence electrons. The Labute approximate surface area is 120 Å². The van der Waals surface area contributed by atoms with Crippen LogP contribution in [0.4, 0.5) is 4.39 Å². The highest BCUT2D eigenvalue weighted by molar-refractivity contribution is 9.10. The fourth-order valence-corrected chi connectivity index (χ4v) is 3.97. The Morgan fingerprint density at radius 1 is 1.37 bits per heavy atom. The summed E-state index contributed by atoms with van der Waals surface area (Å²) in [5.74, 6) is 1.90. The summed E-state index contributed by atoms with van der Waals surface area (Å²) in [4.78, 5) is 12.0. The van der Waals surface area contributed by atoms with Crippen LogP contribution in [-0.4, -0.2) is 12.5 Å². The van der Waals surface area contributed by atoms with Gasteiger partial charge in [0.15, 0.2) is 0 Å². The zero-order valence-electron chi connectivity index (χ0n) is 10.7. The van der Waals surface area contributed by atoms with E-state index >= 15 is 0 Å². The summed E-state index contributed by atoms with van der Waals surface area (Å²) in [5.41, 5.74) is 0.511. The minimum atomic E-state index is -0.343. The first-order valence-corrected chi connectivity index (χ1v) is 7.66. The maximum Gasteiger partial charge on any atom is 0.251 e. The monoisotopic (exact) mass is 325 g/mol. The van der Waals surface area contributed by atoms with Crippen molar-refractivity contribution in [2.75, 3.05) is 6.54 Å². The largest absolute Gasteiger partial charge is 0.352 e. The van der Waals surface area contributed by atoms with Gasteiger partial charge in [-0.2, -0.15) is 0 Å². The SMILES string of the molecule is O=C(NCC1CC2CCC1C2)c1ccc(F)c(Br)c1. The van der Waals surface area contributed by atoms with Gasteiger partial charge < -0.3 is 5.32 Å². The highest BCUT2D eigenvalue weighted by atomic mass is 79.9. The fraction of sp³-hybridized carbons (Fsp3) is 0.533. The summed E-state index contributed by atoms with van der Waals surface area (Å²) >= 11 is 3.10. The Kier molecular flexibility index (Phi) is 3.61. The van der Waals surface area contributed by atoms with Crippen molar-refractivity contribution in [1.82, 2.24) is 5.32 Å². The van der Waals surface area contributed by atoms with Crippen LogP contribution in [0.1, 0.15) is 36.0 Å². The van der Waals surface area contributed by atoms with Gasteiger partial charge in [-0.25, -0.2) is 4.39 Å². The van der Waals surface area contributed by atoms with E-state index in [0.29, 0.717) is 16.0 Å². The van der Waals surface area contributed by atoms with Crippen molar-refractivity contribution < 1.29 is 9.18 Å². The smallest absolute Gasteiger partial charge is 0.251 e. The van der Waals surface area contributed by atoms with Crippen LogP contribution in [0.25, 0.3) is 0 Å². The van der Waals surface area contributed by atoms with Crippen LogP contribution in [0.15, 0.2) is 22.7 Å². The molecule has 0 saturated heterocycles. The molecular formula is C15H17BrFNO. The third-order valence-corrected chi connectivity index (χ3v) is 5.20. The second kappa shape index (κ2) is 5.23. The van der Waals surface area contributed by atoms with Gasteiger partial charge in [0.05, 0.1) is 4.47 Å². The van der Waals surface area contributed by atoms with Crippen molar-refractivity contribution in [3.8, 4) is 0 Å². The van der Waals surface area contributed by atoms with Gasteiger partial charge in [-0.05, 0) is 71.1 Å². The number of carbonyl (C=O) groups is 1. The van der Waals surface area contributed by atoms with Crippen LogP contribution < -0.4 is 5.32 Å². The van der Waals surface area contributed by atoms with E-state index in [2.05, 4.69) is 21.2 Å². The molecule has 3 unspecified atom stereocenters. The van der Waals surface area contributed by atoms with Gasteiger partial charge in [0.1, 0.15) is 5.82 Å². The second-order valence-electron chi connectivity index (χ2n) is 5.77. The summed E-state index contributed by atoms with van der Waals surface area (Å²) in [6.45, 7) is 0.759. The van der Waals surface area contributed by atoms with E-state index in [1.165, 1.54) is 43.9 Å². The van der Waals surface area contributed by atoms with Crippen molar-refractivity contribution in [2.24, 2.45) is 17.8 Å². The molecule has 2 saturated carbocycles. The molecule has 3 rings (SSSR count). The number of fused-ring (bicyclic) bond motifs is 2. The molecule has 19 heavy (non-hydrogen) atoms. The van der Waals surface area contributed by atoms with Gasteiger partial charge in [-0.1, -0.05) is 6.42 Å². The van der Waals surface area contributed by atoms with Gasteiger partial charge in [0.2, 0.25) is 0 Å². The maximum atomic E-state index is 13.1. The summed E-state index contributed by atoms with van der Waals surface area (Å²) in [6.07, 6.45) is 5.31. The molecule has 1 aromatic carbocycles.